The SMILES string of the molecule is CS(=O)(=O)c1ccc(NC(=O)C(=O)c2c(-c3ccccc3)cc3ccccn23)cc1. The van der Waals surface area contributed by atoms with Crippen LogP contribution in [0.3, 0.4) is 0 Å². The third-order valence-electron chi connectivity index (χ3n) is 4.73. The van der Waals surface area contributed by atoms with Crippen molar-refractivity contribution in [3.63, 3.8) is 0 Å². The minimum absolute atomic E-state index is 0.135. The molecular weight excluding hydrogens is 400 g/mol. The number of amides is 1. The molecule has 30 heavy (non-hydrogen) atoms. The number of nitrogens with one attached hydrogen (secondary N) is 1. The van der Waals surface area contributed by atoms with Crippen molar-refractivity contribution in [2.45, 2.75) is 4.90 Å². The van der Waals surface area contributed by atoms with Crippen LogP contribution >= 0.6 is 0 Å². The fraction of sp³-hybridized carbons (Fsp3) is 0.0435. The van der Waals surface area contributed by atoms with Crippen molar-refractivity contribution in [2.75, 3.05) is 11.6 Å². The van der Waals surface area contributed by atoms with Crippen molar-refractivity contribution in [2.24, 2.45) is 0 Å². The zero-order valence-corrected chi connectivity index (χ0v) is 16.9. The lowest BCUT2D eigenvalue weighted by Crippen LogP contribution is -2.24. The molecule has 0 bridgehead atoms. The highest BCUT2D eigenvalue weighted by Crippen LogP contribution is 2.28. The average molecular weight is 418 g/mol. The molecule has 0 saturated heterocycles. The molecule has 1 amide bonds. The molecule has 7 heteroatoms. The Balaban J connectivity index is 1.70. The Labute approximate surface area is 173 Å². The van der Waals surface area contributed by atoms with E-state index in [0.717, 1.165) is 17.3 Å². The first-order valence-corrected chi connectivity index (χ1v) is 11.0. The molecule has 0 aliphatic rings. The number of Topliss-reactive ketones (excluding diaryl/α,β-unsaturated/α-hetero) is 1. The number of hydrogen-bond acceptors (Lipinski definition) is 4. The van der Waals surface area contributed by atoms with E-state index in [9.17, 15) is 18.0 Å². The molecule has 0 spiro atoms. The summed E-state index contributed by atoms with van der Waals surface area (Å²) in [6.45, 7) is 0. The topological polar surface area (TPSA) is 84.7 Å². The first-order chi connectivity index (χ1) is 14.3. The molecule has 0 atom stereocenters. The fourth-order valence-corrected chi connectivity index (χ4v) is 3.90. The summed E-state index contributed by atoms with van der Waals surface area (Å²) >= 11 is 0. The van der Waals surface area contributed by atoms with Crippen LogP contribution in [0.4, 0.5) is 5.69 Å². The second kappa shape index (κ2) is 7.61. The Kier molecular flexibility index (Phi) is 4.97. The normalized spacial score (nSPS) is 11.4. The fourth-order valence-electron chi connectivity index (χ4n) is 3.27. The molecule has 2 aromatic carbocycles. The first kappa shape index (κ1) is 19.6. The van der Waals surface area contributed by atoms with Crippen LogP contribution in [0.15, 0.2) is 90.0 Å². The number of fused-ring (bicyclic) bond motifs is 1. The predicted octanol–water partition coefficient (Wildman–Crippen LogP) is 3.83. The third-order valence-corrected chi connectivity index (χ3v) is 5.85. The summed E-state index contributed by atoms with van der Waals surface area (Å²) in [5.41, 5.74) is 2.89. The Morgan fingerprint density at radius 1 is 0.867 bits per heavy atom. The Hall–Kier alpha value is -3.71. The summed E-state index contributed by atoms with van der Waals surface area (Å²) in [6.07, 6.45) is 2.84. The largest absolute Gasteiger partial charge is 0.319 e. The maximum absolute atomic E-state index is 13.1. The quantitative estimate of drug-likeness (QED) is 0.394. The molecule has 6 nitrogen and oxygen atoms in total. The standard InChI is InChI=1S/C23H18N2O4S/c1-30(28,29)19-12-10-17(11-13-19)24-23(27)22(26)21-20(16-7-3-2-4-8-16)15-18-9-5-6-14-25(18)21/h2-15H,1H3,(H,24,27). The van der Waals surface area contributed by atoms with Crippen molar-refractivity contribution in [1.29, 1.82) is 0 Å². The number of hydrogen-bond donors (Lipinski definition) is 1. The highest BCUT2D eigenvalue weighted by Gasteiger charge is 2.24. The molecule has 0 unspecified atom stereocenters. The molecule has 0 saturated carbocycles. The summed E-state index contributed by atoms with van der Waals surface area (Å²) in [5, 5.41) is 2.56. The van der Waals surface area contributed by atoms with Crippen LogP contribution in [0.5, 0.6) is 0 Å². The number of benzene rings is 2. The highest BCUT2D eigenvalue weighted by atomic mass is 32.2. The van der Waals surface area contributed by atoms with Crippen LogP contribution in [-0.2, 0) is 14.6 Å². The van der Waals surface area contributed by atoms with Gasteiger partial charge in [-0.1, -0.05) is 36.4 Å². The number of ketones is 1. The Morgan fingerprint density at radius 3 is 2.20 bits per heavy atom. The van der Waals surface area contributed by atoms with Crippen LogP contribution in [0.2, 0.25) is 0 Å². The summed E-state index contributed by atoms with van der Waals surface area (Å²) in [4.78, 5) is 26.0. The molecule has 4 rings (SSSR count). The maximum Gasteiger partial charge on any atom is 0.298 e. The number of aromatic nitrogens is 1. The van der Waals surface area contributed by atoms with Crippen molar-refractivity contribution in [1.82, 2.24) is 4.40 Å². The number of sulfone groups is 1. The predicted molar refractivity (Wildman–Crippen MR) is 115 cm³/mol. The second-order valence-corrected chi connectivity index (χ2v) is 8.86. The lowest BCUT2D eigenvalue weighted by Gasteiger charge is -2.08. The van der Waals surface area contributed by atoms with E-state index in [4.69, 9.17) is 0 Å². The van der Waals surface area contributed by atoms with Gasteiger partial charge in [-0.05, 0) is 48.0 Å². The van der Waals surface area contributed by atoms with Crippen LogP contribution in [0.1, 0.15) is 10.5 Å². The summed E-state index contributed by atoms with van der Waals surface area (Å²) in [6, 6.07) is 22.5. The third kappa shape index (κ3) is 3.75. The van der Waals surface area contributed by atoms with E-state index in [0.29, 0.717) is 11.3 Å². The Bertz CT molecular complexity index is 1360. The van der Waals surface area contributed by atoms with Crippen molar-refractivity contribution in [3.05, 3.63) is 90.8 Å². The second-order valence-electron chi connectivity index (χ2n) is 6.85. The van der Waals surface area contributed by atoms with Gasteiger partial charge in [-0.3, -0.25) is 9.59 Å². The van der Waals surface area contributed by atoms with E-state index in [1.165, 1.54) is 24.3 Å². The van der Waals surface area contributed by atoms with Gasteiger partial charge in [0.1, 0.15) is 5.69 Å². The number of nitrogens with zero attached hydrogens (tertiary/aromatic N) is 1. The molecule has 2 heterocycles. The van der Waals surface area contributed by atoms with E-state index >= 15 is 0 Å². The van der Waals surface area contributed by atoms with Gasteiger partial charge in [0.25, 0.3) is 11.7 Å². The van der Waals surface area contributed by atoms with Crippen LogP contribution in [0.25, 0.3) is 16.6 Å². The van der Waals surface area contributed by atoms with Gasteiger partial charge in [-0.2, -0.15) is 0 Å². The zero-order valence-electron chi connectivity index (χ0n) is 16.1. The molecular formula is C23H18N2O4S. The average Bonchev–Trinajstić information content (AvgIpc) is 3.13. The van der Waals surface area contributed by atoms with Gasteiger partial charge in [0.2, 0.25) is 0 Å². The molecule has 150 valence electrons. The van der Waals surface area contributed by atoms with Crippen LogP contribution in [-0.4, -0.2) is 30.8 Å². The van der Waals surface area contributed by atoms with E-state index in [2.05, 4.69) is 5.32 Å². The van der Waals surface area contributed by atoms with E-state index in [1.807, 2.05) is 48.5 Å². The van der Waals surface area contributed by atoms with E-state index in [-0.39, 0.29) is 10.6 Å². The molecule has 0 aliphatic heterocycles. The molecule has 0 aliphatic carbocycles. The van der Waals surface area contributed by atoms with E-state index < -0.39 is 21.5 Å². The lowest BCUT2D eigenvalue weighted by atomic mass is 10.0. The van der Waals surface area contributed by atoms with Gasteiger partial charge in [-0.25, -0.2) is 8.42 Å². The number of carbonyl (C=O) groups excluding carboxylic acids is 2. The minimum Gasteiger partial charge on any atom is -0.319 e. The molecule has 4 aromatic rings. The first-order valence-electron chi connectivity index (χ1n) is 9.16. The smallest absolute Gasteiger partial charge is 0.298 e. The number of pyridine rings is 1. The summed E-state index contributed by atoms with van der Waals surface area (Å²) in [5.74, 6) is -1.49. The number of anilines is 1. The van der Waals surface area contributed by atoms with Crippen LogP contribution in [0, 0.1) is 0 Å². The number of carbonyl (C=O) groups is 2. The minimum atomic E-state index is -3.34. The van der Waals surface area contributed by atoms with Gasteiger partial charge >= 0.3 is 0 Å². The molecule has 1 N–H and O–H groups in total. The monoisotopic (exact) mass is 418 g/mol. The highest BCUT2D eigenvalue weighted by molar-refractivity contribution is 7.90. The van der Waals surface area contributed by atoms with Gasteiger partial charge < -0.3 is 9.72 Å². The van der Waals surface area contributed by atoms with Crippen molar-refractivity contribution in [3.8, 4) is 11.1 Å². The summed E-state index contributed by atoms with van der Waals surface area (Å²) in [7, 11) is -3.34. The van der Waals surface area contributed by atoms with Crippen molar-refractivity contribution >= 4 is 32.7 Å². The number of rotatable bonds is 5. The molecule has 0 fully saturated rings. The van der Waals surface area contributed by atoms with Crippen molar-refractivity contribution < 1.29 is 18.0 Å². The molecule has 2 aromatic heterocycles. The lowest BCUT2D eigenvalue weighted by molar-refractivity contribution is -0.112. The molecule has 0 radical (unpaired) electrons. The summed E-state index contributed by atoms with van der Waals surface area (Å²) < 4.78 is 24.9. The zero-order chi connectivity index (χ0) is 21.3. The van der Waals surface area contributed by atoms with Crippen LogP contribution < -0.4 is 5.32 Å². The van der Waals surface area contributed by atoms with Gasteiger partial charge in [-0.15, -0.1) is 0 Å². The Morgan fingerprint density at radius 2 is 1.53 bits per heavy atom. The van der Waals surface area contributed by atoms with Gasteiger partial charge in [0.05, 0.1) is 4.90 Å². The maximum atomic E-state index is 13.1. The van der Waals surface area contributed by atoms with Gasteiger partial charge in [0.15, 0.2) is 9.84 Å². The van der Waals surface area contributed by atoms with Gasteiger partial charge in [0, 0.05) is 29.2 Å². The van der Waals surface area contributed by atoms with E-state index in [1.54, 1.807) is 16.7 Å².